The van der Waals surface area contributed by atoms with Gasteiger partial charge in [-0.3, -0.25) is 4.79 Å². The predicted molar refractivity (Wildman–Crippen MR) is 67.2 cm³/mol. The minimum atomic E-state index is -0.308. The average molecular weight is 227 g/mol. The Balaban J connectivity index is 2.23. The fourth-order valence-electron chi connectivity index (χ4n) is 1.55. The summed E-state index contributed by atoms with van der Waals surface area (Å²) < 4.78 is 0. The Bertz CT molecular complexity index is 535. The number of rotatable bonds is 2. The van der Waals surface area contributed by atoms with Crippen LogP contribution in [0, 0.1) is 6.92 Å². The second-order valence-corrected chi connectivity index (χ2v) is 3.84. The number of carbonyl (C=O) groups excluding carboxylic acids is 1. The van der Waals surface area contributed by atoms with Crippen molar-refractivity contribution in [2.45, 2.75) is 6.92 Å². The van der Waals surface area contributed by atoms with E-state index in [1.165, 1.54) is 6.07 Å². The van der Waals surface area contributed by atoms with Crippen molar-refractivity contribution in [3.05, 3.63) is 59.7 Å². The molecule has 0 saturated carbocycles. The van der Waals surface area contributed by atoms with Gasteiger partial charge in [0, 0.05) is 5.69 Å². The van der Waals surface area contributed by atoms with Gasteiger partial charge < -0.3 is 10.4 Å². The van der Waals surface area contributed by atoms with E-state index in [0.717, 1.165) is 5.56 Å². The fourth-order valence-corrected chi connectivity index (χ4v) is 1.55. The molecule has 3 heteroatoms. The van der Waals surface area contributed by atoms with Gasteiger partial charge in [0.25, 0.3) is 5.91 Å². The van der Waals surface area contributed by atoms with E-state index < -0.39 is 0 Å². The summed E-state index contributed by atoms with van der Waals surface area (Å²) in [6.07, 6.45) is 0. The molecular weight excluding hydrogens is 214 g/mol. The van der Waals surface area contributed by atoms with Crippen LogP contribution in [0.5, 0.6) is 5.75 Å². The Kier molecular flexibility index (Phi) is 3.10. The van der Waals surface area contributed by atoms with E-state index in [1.807, 2.05) is 25.1 Å². The van der Waals surface area contributed by atoms with Crippen molar-refractivity contribution in [3.63, 3.8) is 0 Å². The molecule has 2 aromatic rings. The molecule has 0 radical (unpaired) electrons. The first-order chi connectivity index (χ1) is 8.16. The summed E-state index contributed by atoms with van der Waals surface area (Å²) in [6.45, 7) is 1.87. The van der Waals surface area contributed by atoms with E-state index in [4.69, 9.17) is 0 Å². The summed E-state index contributed by atoms with van der Waals surface area (Å²) >= 11 is 0. The van der Waals surface area contributed by atoms with E-state index >= 15 is 0 Å². The highest BCUT2D eigenvalue weighted by Gasteiger charge is 2.10. The lowest BCUT2D eigenvalue weighted by atomic mass is 10.1. The number of amides is 1. The smallest absolute Gasteiger partial charge is 0.259 e. The van der Waals surface area contributed by atoms with Crippen LogP contribution in [0.1, 0.15) is 15.9 Å². The SMILES string of the molecule is Cc1ccc(O)c(C(=O)Nc2ccccc2)c1. The number of aromatic hydroxyl groups is 1. The molecule has 0 unspecified atom stereocenters. The molecule has 0 saturated heterocycles. The van der Waals surface area contributed by atoms with Crippen LogP contribution in [0.4, 0.5) is 5.69 Å². The zero-order chi connectivity index (χ0) is 12.3. The van der Waals surface area contributed by atoms with Gasteiger partial charge in [0.15, 0.2) is 0 Å². The molecule has 86 valence electrons. The molecule has 0 atom stereocenters. The standard InChI is InChI=1S/C14H13NO2/c1-10-7-8-13(16)12(9-10)14(17)15-11-5-3-2-4-6-11/h2-9,16H,1H3,(H,15,17). The van der Waals surface area contributed by atoms with Crippen LogP contribution in [-0.2, 0) is 0 Å². The van der Waals surface area contributed by atoms with Crippen LogP contribution in [0.2, 0.25) is 0 Å². The van der Waals surface area contributed by atoms with E-state index in [1.54, 1.807) is 24.3 Å². The molecule has 0 aliphatic carbocycles. The molecule has 2 rings (SSSR count). The molecule has 2 N–H and O–H groups in total. The molecule has 0 heterocycles. The average Bonchev–Trinajstić information content (AvgIpc) is 2.33. The van der Waals surface area contributed by atoms with E-state index in [-0.39, 0.29) is 17.2 Å². The molecule has 0 spiro atoms. The number of carbonyl (C=O) groups is 1. The van der Waals surface area contributed by atoms with Gasteiger partial charge in [0.1, 0.15) is 5.75 Å². The van der Waals surface area contributed by atoms with Crippen molar-refractivity contribution in [3.8, 4) is 5.75 Å². The van der Waals surface area contributed by atoms with E-state index in [0.29, 0.717) is 5.69 Å². The summed E-state index contributed by atoms with van der Waals surface area (Å²) in [5, 5.41) is 12.3. The largest absolute Gasteiger partial charge is 0.507 e. The zero-order valence-electron chi connectivity index (χ0n) is 9.47. The van der Waals surface area contributed by atoms with Crippen molar-refractivity contribution >= 4 is 11.6 Å². The summed E-state index contributed by atoms with van der Waals surface area (Å²) in [5.41, 5.74) is 1.92. The van der Waals surface area contributed by atoms with Crippen LogP contribution < -0.4 is 5.32 Å². The molecule has 17 heavy (non-hydrogen) atoms. The Morgan fingerprint density at radius 1 is 1.12 bits per heavy atom. The minimum Gasteiger partial charge on any atom is -0.507 e. The molecule has 0 aliphatic heterocycles. The number of nitrogens with one attached hydrogen (secondary N) is 1. The quantitative estimate of drug-likeness (QED) is 0.828. The summed E-state index contributed by atoms with van der Waals surface area (Å²) in [7, 11) is 0. The van der Waals surface area contributed by atoms with Gasteiger partial charge in [-0.15, -0.1) is 0 Å². The second-order valence-electron chi connectivity index (χ2n) is 3.84. The Morgan fingerprint density at radius 3 is 2.53 bits per heavy atom. The first-order valence-electron chi connectivity index (χ1n) is 5.33. The second kappa shape index (κ2) is 4.70. The summed E-state index contributed by atoms with van der Waals surface area (Å²) in [6, 6.07) is 14.1. The van der Waals surface area contributed by atoms with E-state index in [9.17, 15) is 9.90 Å². The molecule has 2 aromatic carbocycles. The van der Waals surface area contributed by atoms with Crippen LogP contribution in [0.25, 0.3) is 0 Å². The minimum absolute atomic E-state index is 0.0102. The molecular formula is C14H13NO2. The number of anilines is 1. The third kappa shape index (κ3) is 2.64. The topological polar surface area (TPSA) is 49.3 Å². The molecule has 0 aliphatic rings. The first-order valence-corrected chi connectivity index (χ1v) is 5.33. The zero-order valence-corrected chi connectivity index (χ0v) is 9.47. The predicted octanol–water partition coefficient (Wildman–Crippen LogP) is 2.95. The van der Waals surface area contributed by atoms with Gasteiger partial charge in [0.2, 0.25) is 0 Å². The number of hydrogen-bond acceptors (Lipinski definition) is 2. The van der Waals surface area contributed by atoms with Gasteiger partial charge >= 0.3 is 0 Å². The van der Waals surface area contributed by atoms with Crippen molar-refractivity contribution in [2.24, 2.45) is 0 Å². The van der Waals surface area contributed by atoms with Crippen LogP contribution >= 0.6 is 0 Å². The number of hydrogen-bond donors (Lipinski definition) is 2. The molecule has 3 nitrogen and oxygen atoms in total. The fraction of sp³-hybridized carbons (Fsp3) is 0.0714. The lowest BCUT2D eigenvalue weighted by Crippen LogP contribution is -2.12. The number of para-hydroxylation sites is 1. The maximum atomic E-state index is 11.9. The van der Waals surface area contributed by atoms with Gasteiger partial charge in [-0.25, -0.2) is 0 Å². The van der Waals surface area contributed by atoms with Gasteiger partial charge in [-0.2, -0.15) is 0 Å². The monoisotopic (exact) mass is 227 g/mol. The summed E-state index contributed by atoms with van der Waals surface area (Å²) in [4.78, 5) is 11.9. The Morgan fingerprint density at radius 2 is 1.82 bits per heavy atom. The highest BCUT2D eigenvalue weighted by Crippen LogP contribution is 2.19. The van der Waals surface area contributed by atoms with Crippen LogP contribution in [0.15, 0.2) is 48.5 Å². The molecule has 1 amide bonds. The van der Waals surface area contributed by atoms with Crippen LogP contribution in [-0.4, -0.2) is 11.0 Å². The van der Waals surface area contributed by atoms with Crippen molar-refractivity contribution in [1.29, 1.82) is 0 Å². The molecule has 0 bridgehead atoms. The van der Waals surface area contributed by atoms with Gasteiger partial charge in [-0.05, 0) is 31.2 Å². The van der Waals surface area contributed by atoms with Gasteiger partial charge in [0.05, 0.1) is 5.56 Å². The number of phenols is 1. The lowest BCUT2D eigenvalue weighted by molar-refractivity contribution is 0.102. The highest BCUT2D eigenvalue weighted by molar-refractivity contribution is 6.06. The van der Waals surface area contributed by atoms with Crippen molar-refractivity contribution < 1.29 is 9.90 Å². The number of benzene rings is 2. The third-order valence-corrected chi connectivity index (χ3v) is 2.43. The maximum Gasteiger partial charge on any atom is 0.259 e. The lowest BCUT2D eigenvalue weighted by Gasteiger charge is -2.07. The number of aryl methyl sites for hydroxylation is 1. The molecule has 0 aromatic heterocycles. The normalized spacial score (nSPS) is 9.94. The molecule has 0 fully saturated rings. The Hall–Kier alpha value is -2.29. The van der Waals surface area contributed by atoms with Crippen molar-refractivity contribution in [2.75, 3.05) is 5.32 Å². The van der Waals surface area contributed by atoms with Gasteiger partial charge in [-0.1, -0.05) is 29.8 Å². The maximum absolute atomic E-state index is 11.9. The summed E-state index contributed by atoms with van der Waals surface area (Å²) in [5.74, 6) is -0.318. The first kappa shape index (κ1) is 11.2. The third-order valence-electron chi connectivity index (χ3n) is 2.43. The van der Waals surface area contributed by atoms with Crippen LogP contribution in [0.3, 0.4) is 0 Å². The number of phenolic OH excluding ortho intramolecular Hbond substituents is 1. The van der Waals surface area contributed by atoms with E-state index in [2.05, 4.69) is 5.32 Å². The Labute approximate surface area is 99.7 Å². The highest BCUT2D eigenvalue weighted by atomic mass is 16.3. The van der Waals surface area contributed by atoms with Crippen molar-refractivity contribution in [1.82, 2.24) is 0 Å².